The lowest BCUT2D eigenvalue weighted by Gasteiger charge is -2.35. The van der Waals surface area contributed by atoms with Gasteiger partial charge in [0.15, 0.2) is 0 Å². The molecule has 3 rings (SSSR count). The predicted octanol–water partition coefficient (Wildman–Crippen LogP) is 2.23. The molecule has 0 aliphatic carbocycles. The van der Waals surface area contributed by atoms with Gasteiger partial charge in [-0.2, -0.15) is 0 Å². The molecule has 22 heavy (non-hydrogen) atoms. The number of H-pyrrole nitrogens is 1. The third-order valence-electron chi connectivity index (χ3n) is 3.90. The van der Waals surface area contributed by atoms with E-state index >= 15 is 0 Å². The molecule has 0 spiro atoms. The highest BCUT2D eigenvalue weighted by Crippen LogP contribution is 2.24. The van der Waals surface area contributed by atoms with Gasteiger partial charge in [0, 0.05) is 43.1 Å². The Morgan fingerprint density at radius 2 is 2.23 bits per heavy atom. The van der Waals surface area contributed by atoms with Crippen molar-refractivity contribution in [1.29, 1.82) is 0 Å². The molecule has 1 aliphatic heterocycles. The fourth-order valence-corrected chi connectivity index (χ4v) is 2.98. The Morgan fingerprint density at radius 3 is 2.95 bits per heavy atom. The van der Waals surface area contributed by atoms with Gasteiger partial charge in [0.05, 0.1) is 19.8 Å². The number of aromatic amines is 1. The molecule has 2 aromatic rings. The van der Waals surface area contributed by atoms with Gasteiger partial charge in [-0.05, 0) is 17.7 Å². The topological polar surface area (TPSA) is 53.2 Å². The summed E-state index contributed by atoms with van der Waals surface area (Å²) in [6.07, 6.45) is 3.61. The number of morpholine rings is 1. The van der Waals surface area contributed by atoms with Crippen LogP contribution in [0, 0.1) is 0 Å². The lowest BCUT2D eigenvalue weighted by atomic mass is 10.0. The van der Waals surface area contributed by atoms with E-state index in [0.717, 1.165) is 50.2 Å². The van der Waals surface area contributed by atoms with Gasteiger partial charge in [0.1, 0.15) is 5.82 Å². The maximum Gasteiger partial charge on any atom is 0.120 e. The van der Waals surface area contributed by atoms with Crippen molar-refractivity contribution < 1.29 is 4.74 Å². The highest BCUT2D eigenvalue weighted by molar-refractivity contribution is 6.30. The molecule has 0 amide bonds. The second kappa shape index (κ2) is 7.74. The van der Waals surface area contributed by atoms with Gasteiger partial charge in [0.2, 0.25) is 0 Å². The zero-order valence-corrected chi connectivity index (χ0v) is 13.2. The van der Waals surface area contributed by atoms with Gasteiger partial charge in [-0.15, -0.1) is 0 Å². The van der Waals surface area contributed by atoms with E-state index in [1.165, 1.54) is 5.56 Å². The Kier molecular flexibility index (Phi) is 5.45. The van der Waals surface area contributed by atoms with Crippen molar-refractivity contribution in [1.82, 2.24) is 20.2 Å². The van der Waals surface area contributed by atoms with Gasteiger partial charge < -0.3 is 15.0 Å². The van der Waals surface area contributed by atoms with Gasteiger partial charge in [-0.1, -0.05) is 23.7 Å². The first-order valence-electron chi connectivity index (χ1n) is 7.59. The molecule has 6 heteroatoms. The molecule has 2 heterocycles. The number of hydrogen-bond acceptors (Lipinski definition) is 4. The van der Waals surface area contributed by atoms with E-state index in [2.05, 4.69) is 32.3 Å². The van der Waals surface area contributed by atoms with E-state index < -0.39 is 0 Å². The molecule has 5 nitrogen and oxygen atoms in total. The summed E-state index contributed by atoms with van der Waals surface area (Å²) in [4.78, 5) is 9.80. The maximum absolute atomic E-state index is 6.16. The van der Waals surface area contributed by atoms with Crippen LogP contribution < -0.4 is 5.32 Å². The van der Waals surface area contributed by atoms with Crippen molar-refractivity contribution in [2.24, 2.45) is 0 Å². The van der Waals surface area contributed by atoms with Gasteiger partial charge >= 0.3 is 0 Å². The number of hydrogen-bond donors (Lipinski definition) is 2. The molecule has 1 saturated heterocycles. The summed E-state index contributed by atoms with van der Waals surface area (Å²) >= 11 is 6.16. The van der Waals surface area contributed by atoms with E-state index in [9.17, 15) is 0 Å². The lowest BCUT2D eigenvalue weighted by molar-refractivity contribution is 0.0160. The average Bonchev–Trinajstić information content (AvgIpc) is 3.06. The second-order valence-corrected chi connectivity index (χ2v) is 5.82. The number of halogens is 1. The van der Waals surface area contributed by atoms with E-state index in [-0.39, 0.29) is 6.04 Å². The Bertz CT molecular complexity index is 569. The Morgan fingerprint density at radius 1 is 1.36 bits per heavy atom. The summed E-state index contributed by atoms with van der Waals surface area (Å²) in [6.45, 7) is 5.04. The van der Waals surface area contributed by atoms with Crippen LogP contribution in [0.25, 0.3) is 0 Å². The molecule has 2 N–H and O–H groups in total. The number of imidazole rings is 1. The van der Waals surface area contributed by atoms with Crippen molar-refractivity contribution in [3.05, 3.63) is 53.1 Å². The third kappa shape index (κ3) is 4.08. The Hall–Kier alpha value is -1.40. The first-order valence-corrected chi connectivity index (χ1v) is 7.97. The number of nitrogens with one attached hydrogen (secondary N) is 2. The van der Waals surface area contributed by atoms with Crippen LogP contribution in [0.3, 0.4) is 0 Å². The minimum Gasteiger partial charge on any atom is -0.379 e. The van der Waals surface area contributed by atoms with Crippen LogP contribution in [-0.4, -0.2) is 47.7 Å². The summed E-state index contributed by atoms with van der Waals surface area (Å²) in [6, 6.07) is 8.41. The molecule has 1 aromatic heterocycles. The molecule has 0 bridgehead atoms. The van der Waals surface area contributed by atoms with Gasteiger partial charge in [-0.25, -0.2) is 4.98 Å². The Balaban J connectivity index is 1.67. The SMILES string of the molecule is Clc1cccc(C(CNCc2ncc[nH]2)N2CCOCC2)c1. The summed E-state index contributed by atoms with van der Waals surface area (Å²) in [5, 5.41) is 4.26. The molecular weight excluding hydrogens is 300 g/mol. The van der Waals surface area contributed by atoms with E-state index in [4.69, 9.17) is 16.3 Å². The fraction of sp³-hybridized carbons (Fsp3) is 0.438. The molecule has 1 atom stereocenters. The fourth-order valence-electron chi connectivity index (χ4n) is 2.78. The standard InChI is InChI=1S/C16H21ClN4O/c17-14-3-1-2-13(10-14)15(21-6-8-22-9-7-21)11-18-12-16-19-4-5-20-16/h1-5,10,15,18H,6-9,11-12H2,(H,19,20). The maximum atomic E-state index is 6.16. The second-order valence-electron chi connectivity index (χ2n) is 5.39. The van der Waals surface area contributed by atoms with E-state index in [1.54, 1.807) is 6.20 Å². The Labute approximate surface area is 135 Å². The zero-order chi connectivity index (χ0) is 15.2. The highest BCUT2D eigenvalue weighted by atomic mass is 35.5. The average molecular weight is 321 g/mol. The van der Waals surface area contributed by atoms with Crippen LogP contribution in [0.5, 0.6) is 0 Å². The van der Waals surface area contributed by atoms with Crippen LogP contribution in [0.1, 0.15) is 17.4 Å². The van der Waals surface area contributed by atoms with Crippen molar-refractivity contribution in [2.45, 2.75) is 12.6 Å². The minimum absolute atomic E-state index is 0.289. The summed E-state index contributed by atoms with van der Waals surface area (Å²) in [7, 11) is 0. The monoisotopic (exact) mass is 320 g/mol. The minimum atomic E-state index is 0.289. The molecule has 1 unspecified atom stereocenters. The lowest BCUT2D eigenvalue weighted by Crippen LogP contribution is -2.42. The van der Waals surface area contributed by atoms with Crippen molar-refractivity contribution in [2.75, 3.05) is 32.8 Å². The molecule has 0 saturated carbocycles. The third-order valence-corrected chi connectivity index (χ3v) is 4.14. The van der Waals surface area contributed by atoms with Crippen LogP contribution >= 0.6 is 11.6 Å². The normalized spacial score (nSPS) is 17.5. The predicted molar refractivity (Wildman–Crippen MR) is 86.9 cm³/mol. The van der Waals surface area contributed by atoms with Crippen LogP contribution in [0.4, 0.5) is 0 Å². The van der Waals surface area contributed by atoms with Crippen LogP contribution in [0.15, 0.2) is 36.7 Å². The molecule has 118 valence electrons. The summed E-state index contributed by atoms with van der Waals surface area (Å²) < 4.78 is 5.47. The molecule has 1 aliphatic rings. The van der Waals surface area contributed by atoms with Crippen LogP contribution in [-0.2, 0) is 11.3 Å². The van der Waals surface area contributed by atoms with Crippen molar-refractivity contribution >= 4 is 11.6 Å². The molecule has 1 fully saturated rings. The van der Waals surface area contributed by atoms with Crippen molar-refractivity contribution in [3.63, 3.8) is 0 Å². The van der Waals surface area contributed by atoms with Gasteiger partial charge in [0.25, 0.3) is 0 Å². The number of ether oxygens (including phenoxy) is 1. The zero-order valence-electron chi connectivity index (χ0n) is 12.5. The number of aromatic nitrogens is 2. The quantitative estimate of drug-likeness (QED) is 0.857. The van der Waals surface area contributed by atoms with E-state index in [1.807, 2.05) is 18.3 Å². The van der Waals surface area contributed by atoms with Crippen LogP contribution in [0.2, 0.25) is 5.02 Å². The summed E-state index contributed by atoms with van der Waals surface area (Å²) in [5.41, 5.74) is 1.24. The summed E-state index contributed by atoms with van der Waals surface area (Å²) in [5.74, 6) is 0.951. The van der Waals surface area contributed by atoms with E-state index in [0.29, 0.717) is 0 Å². The molecule has 1 aromatic carbocycles. The number of benzene rings is 1. The van der Waals surface area contributed by atoms with Crippen molar-refractivity contribution in [3.8, 4) is 0 Å². The number of rotatable bonds is 6. The first-order chi connectivity index (χ1) is 10.8. The largest absolute Gasteiger partial charge is 0.379 e. The molecule has 0 radical (unpaired) electrons. The van der Waals surface area contributed by atoms with Gasteiger partial charge in [-0.3, -0.25) is 4.90 Å². The molecular formula is C16H21ClN4O. The number of nitrogens with zero attached hydrogens (tertiary/aromatic N) is 2. The smallest absolute Gasteiger partial charge is 0.120 e. The first kappa shape index (κ1) is 15.5. The highest BCUT2D eigenvalue weighted by Gasteiger charge is 2.22.